The van der Waals surface area contributed by atoms with Crippen LogP contribution in [0.4, 0.5) is 0 Å². The largest absolute Gasteiger partial charge is 0.480 e. The number of carboxylic acid groups (broad SMARTS) is 1. The quantitative estimate of drug-likeness (QED) is 0.767. The van der Waals surface area contributed by atoms with Gasteiger partial charge >= 0.3 is 5.97 Å². The van der Waals surface area contributed by atoms with E-state index in [1.807, 2.05) is 42.5 Å². The number of aliphatic carboxylic acids is 1. The van der Waals surface area contributed by atoms with Crippen LogP contribution in [0.5, 0.6) is 0 Å². The van der Waals surface area contributed by atoms with Gasteiger partial charge in [0.25, 0.3) is 0 Å². The molecule has 0 saturated heterocycles. The number of hydrogen-bond donors (Lipinski definition) is 2. The third-order valence-corrected chi connectivity index (χ3v) is 3.39. The Bertz CT molecular complexity index is 778. The van der Waals surface area contributed by atoms with Crippen molar-refractivity contribution >= 4 is 17.1 Å². The van der Waals surface area contributed by atoms with Crippen molar-refractivity contribution in [3.05, 3.63) is 54.4 Å². The fourth-order valence-electron chi connectivity index (χ4n) is 2.21. The first-order chi connectivity index (χ1) is 10.1. The van der Waals surface area contributed by atoms with Crippen LogP contribution in [0.2, 0.25) is 0 Å². The summed E-state index contributed by atoms with van der Waals surface area (Å²) in [5.41, 5.74) is 10.1. The topological polar surface area (TPSA) is 89.4 Å². The Morgan fingerprint density at radius 1 is 1.19 bits per heavy atom. The van der Waals surface area contributed by atoms with Crippen molar-refractivity contribution in [3.63, 3.8) is 0 Å². The minimum absolute atomic E-state index is 0.317. The second kappa shape index (κ2) is 5.38. The second-order valence-electron chi connectivity index (χ2n) is 4.88. The summed E-state index contributed by atoms with van der Waals surface area (Å²) in [6.45, 7) is 0. The van der Waals surface area contributed by atoms with Gasteiger partial charge in [0.15, 0.2) is 12.0 Å². The van der Waals surface area contributed by atoms with E-state index in [0.717, 1.165) is 27.8 Å². The predicted octanol–water partition coefficient (Wildman–Crippen LogP) is 2.45. The van der Waals surface area contributed by atoms with Crippen molar-refractivity contribution in [2.24, 2.45) is 5.73 Å². The first-order valence-electron chi connectivity index (χ1n) is 6.54. The van der Waals surface area contributed by atoms with E-state index in [2.05, 4.69) is 4.98 Å². The van der Waals surface area contributed by atoms with E-state index in [0.29, 0.717) is 6.42 Å². The molecule has 21 heavy (non-hydrogen) atoms. The SMILES string of the molecule is N[C@@H](Cc1ccc(-c2ccc3ocnc3c2)cc1)C(=O)O. The second-order valence-corrected chi connectivity index (χ2v) is 4.88. The maximum atomic E-state index is 10.8. The first-order valence-corrected chi connectivity index (χ1v) is 6.54. The lowest BCUT2D eigenvalue weighted by atomic mass is 10.0. The monoisotopic (exact) mass is 282 g/mol. The van der Waals surface area contributed by atoms with Crippen molar-refractivity contribution in [2.75, 3.05) is 0 Å². The molecule has 0 aliphatic rings. The van der Waals surface area contributed by atoms with Crippen LogP contribution in [0.3, 0.4) is 0 Å². The summed E-state index contributed by atoms with van der Waals surface area (Å²) in [7, 11) is 0. The summed E-state index contributed by atoms with van der Waals surface area (Å²) in [5.74, 6) is -0.990. The van der Waals surface area contributed by atoms with Gasteiger partial charge in [-0.05, 0) is 35.2 Å². The van der Waals surface area contributed by atoms with Crippen molar-refractivity contribution in [2.45, 2.75) is 12.5 Å². The number of carboxylic acids is 1. The zero-order chi connectivity index (χ0) is 14.8. The number of benzene rings is 2. The van der Waals surface area contributed by atoms with Crippen LogP contribution < -0.4 is 5.73 Å². The Morgan fingerprint density at radius 2 is 1.90 bits per heavy atom. The maximum Gasteiger partial charge on any atom is 0.320 e. The first kappa shape index (κ1) is 13.3. The molecule has 0 fully saturated rings. The molecule has 5 nitrogen and oxygen atoms in total. The van der Waals surface area contributed by atoms with E-state index in [1.54, 1.807) is 0 Å². The van der Waals surface area contributed by atoms with Gasteiger partial charge in [0, 0.05) is 0 Å². The number of rotatable bonds is 4. The molecule has 3 N–H and O–H groups in total. The molecule has 0 aliphatic heterocycles. The van der Waals surface area contributed by atoms with Gasteiger partial charge in [0.05, 0.1) is 0 Å². The smallest absolute Gasteiger partial charge is 0.320 e. The van der Waals surface area contributed by atoms with Crippen LogP contribution in [0.25, 0.3) is 22.2 Å². The number of nitrogens with two attached hydrogens (primary N) is 1. The Hall–Kier alpha value is -2.66. The third-order valence-electron chi connectivity index (χ3n) is 3.39. The van der Waals surface area contributed by atoms with Gasteiger partial charge in [-0.25, -0.2) is 4.98 Å². The number of hydrogen-bond acceptors (Lipinski definition) is 4. The lowest BCUT2D eigenvalue weighted by molar-refractivity contribution is -0.138. The predicted molar refractivity (Wildman–Crippen MR) is 78.8 cm³/mol. The van der Waals surface area contributed by atoms with Crippen LogP contribution in [0, 0.1) is 0 Å². The van der Waals surface area contributed by atoms with Crippen LogP contribution >= 0.6 is 0 Å². The number of carbonyl (C=O) groups is 1. The van der Waals surface area contributed by atoms with Gasteiger partial charge in [-0.2, -0.15) is 0 Å². The molecular weight excluding hydrogens is 268 g/mol. The number of nitrogens with zero attached hydrogens (tertiary/aromatic N) is 1. The Labute approximate surface area is 121 Å². The Kier molecular flexibility index (Phi) is 3.41. The number of fused-ring (bicyclic) bond motifs is 1. The molecule has 1 heterocycles. The van der Waals surface area contributed by atoms with Crippen LogP contribution in [0.15, 0.2) is 53.3 Å². The van der Waals surface area contributed by atoms with E-state index < -0.39 is 12.0 Å². The van der Waals surface area contributed by atoms with Crippen LogP contribution in [-0.4, -0.2) is 22.1 Å². The number of oxazole rings is 1. The highest BCUT2D eigenvalue weighted by molar-refractivity contribution is 5.80. The maximum absolute atomic E-state index is 10.8. The van der Waals surface area contributed by atoms with Crippen LogP contribution in [-0.2, 0) is 11.2 Å². The highest BCUT2D eigenvalue weighted by Gasteiger charge is 2.12. The third kappa shape index (κ3) is 2.78. The van der Waals surface area contributed by atoms with Gasteiger partial charge in [0.2, 0.25) is 0 Å². The summed E-state index contributed by atoms with van der Waals surface area (Å²) in [5, 5.41) is 8.82. The zero-order valence-electron chi connectivity index (χ0n) is 11.2. The molecule has 1 atom stereocenters. The van der Waals surface area contributed by atoms with Crippen molar-refractivity contribution in [3.8, 4) is 11.1 Å². The lowest BCUT2D eigenvalue weighted by Crippen LogP contribution is -2.32. The van der Waals surface area contributed by atoms with Gasteiger partial charge < -0.3 is 15.3 Å². The van der Waals surface area contributed by atoms with Gasteiger partial charge in [-0.3, -0.25) is 4.79 Å². The summed E-state index contributed by atoms with van der Waals surface area (Å²) in [4.78, 5) is 14.9. The van der Waals surface area contributed by atoms with Crippen LogP contribution in [0.1, 0.15) is 5.56 Å². The molecule has 0 amide bonds. The number of aromatic nitrogens is 1. The minimum Gasteiger partial charge on any atom is -0.480 e. The molecule has 3 rings (SSSR count). The summed E-state index contributed by atoms with van der Waals surface area (Å²) < 4.78 is 5.21. The Balaban J connectivity index is 1.84. The standard InChI is InChI=1S/C16H14N2O3/c17-13(16(19)20)7-10-1-3-11(4-2-10)12-5-6-15-14(8-12)18-9-21-15/h1-6,8-9,13H,7,17H2,(H,19,20)/t13-/m0/s1. The van der Waals surface area contributed by atoms with E-state index in [9.17, 15) is 4.79 Å². The molecule has 0 aliphatic carbocycles. The van der Waals surface area contributed by atoms with E-state index in [-0.39, 0.29) is 0 Å². The summed E-state index contributed by atoms with van der Waals surface area (Å²) in [6, 6.07) is 12.6. The molecule has 0 bridgehead atoms. The summed E-state index contributed by atoms with van der Waals surface area (Å²) in [6.07, 6.45) is 1.74. The Morgan fingerprint density at radius 3 is 2.62 bits per heavy atom. The lowest BCUT2D eigenvalue weighted by Gasteiger charge is -2.07. The fraction of sp³-hybridized carbons (Fsp3) is 0.125. The van der Waals surface area contributed by atoms with Gasteiger partial charge in [-0.1, -0.05) is 30.3 Å². The highest BCUT2D eigenvalue weighted by Crippen LogP contribution is 2.24. The van der Waals surface area contributed by atoms with Crippen molar-refractivity contribution < 1.29 is 14.3 Å². The van der Waals surface area contributed by atoms with E-state index in [1.165, 1.54) is 6.39 Å². The normalized spacial score (nSPS) is 12.4. The molecule has 0 spiro atoms. The molecule has 0 radical (unpaired) electrons. The summed E-state index contributed by atoms with van der Waals surface area (Å²) >= 11 is 0. The molecule has 106 valence electrons. The molecule has 0 unspecified atom stereocenters. The molecule has 5 heteroatoms. The molecule has 1 aromatic heterocycles. The van der Waals surface area contributed by atoms with Gasteiger partial charge in [-0.15, -0.1) is 0 Å². The molecular formula is C16H14N2O3. The molecule has 2 aromatic carbocycles. The average molecular weight is 282 g/mol. The fourth-order valence-corrected chi connectivity index (χ4v) is 2.21. The van der Waals surface area contributed by atoms with Crippen molar-refractivity contribution in [1.29, 1.82) is 0 Å². The van der Waals surface area contributed by atoms with E-state index in [4.69, 9.17) is 15.3 Å². The van der Waals surface area contributed by atoms with Crippen molar-refractivity contribution in [1.82, 2.24) is 4.98 Å². The highest BCUT2D eigenvalue weighted by atomic mass is 16.4. The minimum atomic E-state index is -0.990. The van der Waals surface area contributed by atoms with E-state index >= 15 is 0 Å². The molecule has 0 saturated carbocycles. The van der Waals surface area contributed by atoms with Gasteiger partial charge in [0.1, 0.15) is 11.6 Å². The average Bonchev–Trinajstić information content (AvgIpc) is 2.95. The zero-order valence-corrected chi connectivity index (χ0v) is 11.2. The molecule has 3 aromatic rings.